The summed E-state index contributed by atoms with van der Waals surface area (Å²) in [5.74, 6) is -3.96. The summed E-state index contributed by atoms with van der Waals surface area (Å²) in [5.41, 5.74) is 0. The number of halogens is 3. The van der Waals surface area contributed by atoms with E-state index in [1.165, 1.54) is 0 Å². The fourth-order valence-corrected chi connectivity index (χ4v) is 2.27. The molecule has 0 aromatic heterocycles. The first-order chi connectivity index (χ1) is 10.0. The summed E-state index contributed by atoms with van der Waals surface area (Å²) >= 11 is 0. The van der Waals surface area contributed by atoms with E-state index in [1.807, 2.05) is 0 Å². The predicted molar refractivity (Wildman–Crippen MR) is 69.8 cm³/mol. The molecule has 0 saturated carbocycles. The van der Waals surface area contributed by atoms with Crippen molar-refractivity contribution in [3.05, 3.63) is 0 Å². The van der Waals surface area contributed by atoms with Crippen LogP contribution in [0.1, 0.15) is 26.7 Å². The second-order valence-corrected chi connectivity index (χ2v) is 5.50. The molecule has 0 bridgehead atoms. The molecule has 126 valence electrons. The summed E-state index contributed by atoms with van der Waals surface area (Å²) in [6.45, 7) is 1.66. The molecule has 1 heterocycles. The van der Waals surface area contributed by atoms with Crippen LogP contribution in [0.15, 0.2) is 0 Å². The Morgan fingerprint density at radius 1 is 1.45 bits per heavy atom. The number of carboxylic acid groups (broad SMARTS) is 1. The van der Waals surface area contributed by atoms with Crippen LogP contribution in [-0.4, -0.2) is 53.1 Å². The molecule has 0 aromatic rings. The number of carbonyl (C=O) groups is 3. The number of hydrogen-bond acceptors (Lipinski definition) is 3. The van der Waals surface area contributed by atoms with Crippen molar-refractivity contribution in [3.63, 3.8) is 0 Å². The van der Waals surface area contributed by atoms with E-state index in [0.717, 1.165) is 0 Å². The molecule has 3 atom stereocenters. The summed E-state index contributed by atoms with van der Waals surface area (Å²) in [4.78, 5) is 35.2. The molecule has 0 aliphatic carbocycles. The molecular formula is C13H19F3N2O4. The quantitative estimate of drug-likeness (QED) is 0.763. The number of hydrogen-bond donors (Lipinski definition) is 2. The standard InChI is InChI=1S/C13H19F3N2O4/c1-3-7(2)10(12(21)22)17-11(20)8-4-9(19)18(5-8)6-13(14,15)16/h7-8,10H,3-6H2,1-2H3,(H,17,20)(H,21,22)/t7-,8?,10-/m0/s1. The molecule has 1 rings (SSSR count). The van der Waals surface area contributed by atoms with Gasteiger partial charge in [0.25, 0.3) is 0 Å². The third kappa shape index (κ3) is 4.88. The predicted octanol–water partition coefficient (Wildman–Crippen LogP) is 1.01. The molecule has 1 fully saturated rings. The first-order valence-corrected chi connectivity index (χ1v) is 6.92. The Labute approximate surface area is 125 Å². The van der Waals surface area contributed by atoms with Gasteiger partial charge in [0, 0.05) is 13.0 Å². The number of likely N-dealkylation sites (tertiary alicyclic amines) is 1. The van der Waals surface area contributed by atoms with Crippen LogP contribution in [0.3, 0.4) is 0 Å². The van der Waals surface area contributed by atoms with Crippen molar-refractivity contribution in [3.8, 4) is 0 Å². The van der Waals surface area contributed by atoms with Crippen LogP contribution in [-0.2, 0) is 14.4 Å². The lowest BCUT2D eigenvalue weighted by Gasteiger charge is -2.22. The summed E-state index contributed by atoms with van der Waals surface area (Å²) in [6.07, 6.45) is -4.35. The second kappa shape index (κ2) is 6.97. The zero-order chi connectivity index (χ0) is 17.1. The Hall–Kier alpha value is -1.80. The second-order valence-electron chi connectivity index (χ2n) is 5.50. The van der Waals surface area contributed by atoms with Gasteiger partial charge in [0.1, 0.15) is 12.6 Å². The maximum atomic E-state index is 12.3. The molecule has 2 N–H and O–H groups in total. The van der Waals surface area contributed by atoms with Crippen LogP contribution in [0.25, 0.3) is 0 Å². The van der Waals surface area contributed by atoms with Crippen molar-refractivity contribution in [1.29, 1.82) is 0 Å². The molecule has 0 aromatic carbocycles. The number of carboxylic acids is 1. The summed E-state index contributed by atoms with van der Waals surface area (Å²) in [7, 11) is 0. The minimum Gasteiger partial charge on any atom is -0.480 e. The average Bonchev–Trinajstić information content (AvgIpc) is 2.74. The van der Waals surface area contributed by atoms with Crippen LogP contribution in [0, 0.1) is 11.8 Å². The molecule has 1 unspecified atom stereocenters. The van der Waals surface area contributed by atoms with Crippen molar-refractivity contribution in [2.45, 2.75) is 38.9 Å². The molecule has 9 heteroatoms. The Morgan fingerprint density at radius 3 is 2.50 bits per heavy atom. The first kappa shape index (κ1) is 18.2. The zero-order valence-electron chi connectivity index (χ0n) is 12.3. The number of nitrogens with zero attached hydrogens (tertiary/aromatic N) is 1. The van der Waals surface area contributed by atoms with Gasteiger partial charge < -0.3 is 15.3 Å². The summed E-state index contributed by atoms with van der Waals surface area (Å²) in [5, 5.41) is 11.4. The van der Waals surface area contributed by atoms with Gasteiger partial charge in [-0.2, -0.15) is 13.2 Å². The highest BCUT2D eigenvalue weighted by atomic mass is 19.4. The number of amides is 2. The molecule has 0 radical (unpaired) electrons. The normalized spacial score (nSPS) is 21.6. The largest absolute Gasteiger partial charge is 0.480 e. The van der Waals surface area contributed by atoms with Gasteiger partial charge in [0.2, 0.25) is 11.8 Å². The third-order valence-corrected chi connectivity index (χ3v) is 3.73. The fourth-order valence-electron chi connectivity index (χ4n) is 2.27. The van der Waals surface area contributed by atoms with E-state index in [0.29, 0.717) is 11.3 Å². The van der Waals surface area contributed by atoms with Gasteiger partial charge in [-0.1, -0.05) is 20.3 Å². The fraction of sp³-hybridized carbons (Fsp3) is 0.769. The van der Waals surface area contributed by atoms with Gasteiger partial charge in [-0.15, -0.1) is 0 Å². The highest BCUT2D eigenvalue weighted by molar-refractivity contribution is 5.91. The molecule has 0 spiro atoms. The average molecular weight is 324 g/mol. The highest BCUT2D eigenvalue weighted by Crippen LogP contribution is 2.24. The molecule has 1 saturated heterocycles. The van der Waals surface area contributed by atoms with E-state index in [4.69, 9.17) is 5.11 Å². The number of nitrogens with one attached hydrogen (secondary N) is 1. The van der Waals surface area contributed by atoms with Crippen molar-refractivity contribution < 1.29 is 32.7 Å². The number of carbonyl (C=O) groups excluding carboxylic acids is 2. The lowest BCUT2D eigenvalue weighted by molar-refractivity contribution is -0.157. The Morgan fingerprint density at radius 2 is 2.05 bits per heavy atom. The van der Waals surface area contributed by atoms with Crippen LogP contribution in [0.5, 0.6) is 0 Å². The van der Waals surface area contributed by atoms with E-state index in [9.17, 15) is 27.6 Å². The Kier molecular flexibility index (Phi) is 5.78. The summed E-state index contributed by atoms with van der Waals surface area (Å²) in [6, 6.07) is -1.12. The lowest BCUT2D eigenvalue weighted by Crippen LogP contribution is -2.47. The van der Waals surface area contributed by atoms with Crippen LogP contribution in [0.4, 0.5) is 13.2 Å². The molecule has 6 nitrogen and oxygen atoms in total. The first-order valence-electron chi connectivity index (χ1n) is 6.92. The minimum absolute atomic E-state index is 0.329. The lowest BCUT2D eigenvalue weighted by atomic mass is 9.98. The van der Waals surface area contributed by atoms with Crippen molar-refractivity contribution >= 4 is 17.8 Å². The van der Waals surface area contributed by atoms with Crippen molar-refractivity contribution in [2.75, 3.05) is 13.1 Å². The molecule has 2 amide bonds. The van der Waals surface area contributed by atoms with Gasteiger partial charge in [-0.05, 0) is 5.92 Å². The Balaban J connectivity index is 2.67. The van der Waals surface area contributed by atoms with Gasteiger partial charge in [-0.3, -0.25) is 9.59 Å². The smallest absolute Gasteiger partial charge is 0.406 e. The highest BCUT2D eigenvalue weighted by Gasteiger charge is 2.41. The van der Waals surface area contributed by atoms with Gasteiger partial charge in [0.15, 0.2) is 0 Å². The van der Waals surface area contributed by atoms with E-state index >= 15 is 0 Å². The van der Waals surface area contributed by atoms with Gasteiger partial charge >= 0.3 is 12.1 Å². The third-order valence-electron chi connectivity index (χ3n) is 3.73. The molecule has 22 heavy (non-hydrogen) atoms. The van der Waals surface area contributed by atoms with E-state index < -0.39 is 42.5 Å². The van der Waals surface area contributed by atoms with Gasteiger partial charge in [-0.25, -0.2) is 4.79 Å². The molecular weight excluding hydrogens is 305 g/mol. The van der Waals surface area contributed by atoms with Crippen molar-refractivity contribution in [1.82, 2.24) is 10.2 Å². The number of aliphatic carboxylic acids is 1. The SMILES string of the molecule is CC[C@H](C)[C@H](NC(=O)C1CC(=O)N(CC(F)(F)F)C1)C(=O)O. The van der Waals surface area contributed by atoms with E-state index in [1.54, 1.807) is 13.8 Å². The molecule has 1 aliphatic heterocycles. The maximum Gasteiger partial charge on any atom is 0.406 e. The summed E-state index contributed by atoms with van der Waals surface area (Å²) < 4.78 is 36.9. The molecule has 1 aliphatic rings. The van der Waals surface area contributed by atoms with Crippen molar-refractivity contribution in [2.24, 2.45) is 11.8 Å². The van der Waals surface area contributed by atoms with Crippen LogP contribution >= 0.6 is 0 Å². The van der Waals surface area contributed by atoms with Crippen LogP contribution < -0.4 is 5.32 Å². The number of alkyl halides is 3. The van der Waals surface area contributed by atoms with Crippen LogP contribution in [0.2, 0.25) is 0 Å². The topological polar surface area (TPSA) is 86.7 Å². The van der Waals surface area contributed by atoms with Gasteiger partial charge in [0.05, 0.1) is 5.92 Å². The van der Waals surface area contributed by atoms with E-state index in [2.05, 4.69) is 5.32 Å². The maximum absolute atomic E-state index is 12.3. The minimum atomic E-state index is -4.53. The Bertz CT molecular complexity index is 453. The number of rotatable bonds is 6. The van der Waals surface area contributed by atoms with E-state index in [-0.39, 0.29) is 18.9 Å². The zero-order valence-corrected chi connectivity index (χ0v) is 12.3. The monoisotopic (exact) mass is 324 g/mol.